The number of halogens is 3. The van der Waals surface area contributed by atoms with Crippen molar-refractivity contribution in [2.75, 3.05) is 5.32 Å². The number of amides is 1. The van der Waals surface area contributed by atoms with Gasteiger partial charge in [0, 0.05) is 8.59 Å². The number of hydrogen-bond donors (Lipinski definition) is 1. The van der Waals surface area contributed by atoms with Crippen LogP contribution in [-0.2, 0) is 0 Å². The maximum atomic E-state index is 12.2. The van der Waals surface area contributed by atoms with Crippen LogP contribution >= 0.6 is 45.8 Å². The van der Waals surface area contributed by atoms with E-state index in [2.05, 4.69) is 5.32 Å². The van der Waals surface area contributed by atoms with Crippen molar-refractivity contribution in [3.8, 4) is 0 Å². The van der Waals surface area contributed by atoms with E-state index in [9.17, 15) is 14.9 Å². The van der Waals surface area contributed by atoms with Gasteiger partial charge >= 0.3 is 5.69 Å². The Hall–Kier alpha value is -1.38. The number of hydrogen-bond acceptors (Lipinski definition) is 3. The minimum absolute atomic E-state index is 0.0848. The Morgan fingerprint density at radius 3 is 2.57 bits per heavy atom. The van der Waals surface area contributed by atoms with Crippen LogP contribution in [0.25, 0.3) is 0 Å². The van der Waals surface area contributed by atoms with E-state index in [0.29, 0.717) is 10.7 Å². The number of benzene rings is 2. The van der Waals surface area contributed by atoms with Crippen molar-refractivity contribution in [3.63, 3.8) is 0 Å². The number of rotatable bonds is 3. The Balaban J connectivity index is 2.37. The monoisotopic (exact) mass is 436 g/mol. The smallest absolute Gasteiger partial charge is 0.300 e. The second-order valence-corrected chi connectivity index (χ2v) is 5.98. The molecule has 2 aromatic carbocycles. The lowest BCUT2D eigenvalue weighted by molar-refractivity contribution is -0.385. The van der Waals surface area contributed by atoms with Crippen molar-refractivity contribution in [2.45, 2.75) is 0 Å². The summed E-state index contributed by atoms with van der Waals surface area (Å²) in [6.07, 6.45) is 0. The molecule has 0 aliphatic carbocycles. The summed E-state index contributed by atoms with van der Waals surface area (Å²) >= 11 is 13.6. The number of carbonyl (C=O) groups excluding carboxylic acids is 1. The first-order valence-electron chi connectivity index (χ1n) is 5.59. The van der Waals surface area contributed by atoms with Crippen LogP contribution in [0.3, 0.4) is 0 Å². The number of para-hydroxylation sites is 1. The number of anilines is 1. The summed E-state index contributed by atoms with van der Waals surface area (Å²) in [5.74, 6) is -0.607. The van der Waals surface area contributed by atoms with Crippen LogP contribution in [0.1, 0.15) is 10.4 Å². The van der Waals surface area contributed by atoms with E-state index in [1.807, 2.05) is 22.6 Å². The molecule has 0 aromatic heterocycles. The third-order valence-electron chi connectivity index (χ3n) is 2.59. The topological polar surface area (TPSA) is 72.2 Å². The van der Waals surface area contributed by atoms with E-state index in [1.165, 1.54) is 18.2 Å². The van der Waals surface area contributed by atoms with Crippen molar-refractivity contribution in [2.24, 2.45) is 0 Å². The zero-order valence-corrected chi connectivity index (χ0v) is 13.9. The zero-order chi connectivity index (χ0) is 15.6. The lowest BCUT2D eigenvalue weighted by atomic mass is 10.1. The third-order valence-corrected chi connectivity index (χ3v) is 4.03. The molecule has 2 aromatic rings. The molecule has 0 atom stereocenters. The molecule has 0 aliphatic heterocycles. The molecule has 5 nitrogen and oxygen atoms in total. The van der Waals surface area contributed by atoms with E-state index < -0.39 is 16.5 Å². The fourth-order valence-corrected chi connectivity index (χ4v) is 2.91. The van der Waals surface area contributed by atoms with E-state index in [-0.39, 0.29) is 10.6 Å². The van der Waals surface area contributed by atoms with Crippen LogP contribution in [-0.4, -0.2) is 10.8 Å². The summed E-state index contributed by atoms with van der Waals surface area (Å²) in [7, 11) is 0. The molecule has 108 valence electrons. The Labute approximate surface area is 143 Å². The van der Waals surface area contributed by atoms with Crippen molar-refractivity contribution >= 4 is 63.1 Å². The van der Waals surface area contributed by atoms with Gasteiger partial charge in [-0.1, -0.05) is 29.3 Å². The van der Waals surface area contributed by atoms with E-state index in [1.54, 1.807) is 18.2 Å². The van der Waals surface area contributed by atoms with Crippen molar-refractivity contribution < 1.29 is 9.72 Å². The number of nitro benzene ring substituents is 1. The molecular weight excluding hydrogens is 430 g/mol. The SMILES string of the molecule is O=C(Nc1ccc(Cl)cc1I)c1cccc(Cl)c1[N+](=O)[O-]. The van der Waals surface area contributed by atoms with Crippen molar-refractivity contribution in [3.05, 3.63) is 65.7 Å². The minimum Gasteiger partial charge on any atom is -0.321 e. The molecule has 0 fully saturated rings. The quantitative estimate of drug-likeness (QED) is 0.428. The molecule has 0 unspecified atom stereocenters. The van der Waals surface area contributed by atoms with E-state index in [0.717, 1.165) is 3.57 Å². The highest BCUT2D eigenvalue weighted by Crippen LogP contribution is 2.29. The van der Waals surface area contributed by atoms with Gasteiger partial charge in [-0.3, -0.25) is 14.9 Å². The second kappa shape index (κ2) is 6.59. The lowest BCUT2D eigenvalue weighted by Crippen LogP contribution is -2.14. The molecule has 1 N–H and O–H groups in total. The molecule has 0 bridgehead atoms. The van der Waals surface area contributed by atoms with Gasteiger partial charge in [0.15, 0.2) is 0 Å². The Morgan fingerprint density at radius 1 is 1.24 bits per heavy atom. The van der Waals surface area contributed by atoms with Crippen LogP contribution in [0.2, 0.25) is 10.0 Å². The molecule has 0 radical (unpaired) electrons. The second-order valence-electron chi connectivity index (χ2n) is 3.97. The van der Waals surface area contributed by atoms with Gasteiger partial charge in [-0.15, -0.1) is 0 Å². The van der Waals surface area contributed by atoms with Crippen molar-refractivity contribution in [1.82, 2.24) is 0 Å². The highest BCUT2D eigenvalue weighted by atomic mass is 127. The van der Waals surface area contributed by atoms with Gasteiger partial charge in [-0.2, -0.15) is 0 Å². The predicted octanol–water partition coefficient (Wildman–Crippen LogP) is 4.76. The first-order valence-corrected chi connectivity index (χ1v) is 7.43. The van der Waals surface area contributed by atoms with Crippen molar-refractivity contribution in [1.29, 1.82) is 0 Å². The summed E-state index contributed by atoms with van der Waals surface area (Å²) in [6, 6.07) is 9.11. The summed E-state index contributed by atoms with van der Waals surface area (Å²) < 4.78 is 0.720. The number of carbonyl (C=O) groups is 1. The molecule has 1 amide bonds. The molecule has 2 rings (SSSR count). The summed E-state index contributed by atoms with van der Waals surface area (Å²) in [6.45, 7) is 0. The molecule has 0 aliphatic rings. The fourth-order valence-electron chi connectivity index (χ4n) is 1.66. The predicted molar refractivity (Wildman–Crippen MR) is 90.2 cm³/mol. The number of nitrogens with one attached hydrogen (secondary N) is 1. The van der Waals surface area contributed by atoms with Crippen LogP contribution < -0.4 is 5.32 Å². The number of nitrogens with zero attached hydrogens (tertiary/aromatic N) is 1. The lowest BCUT2D eigenvalue weighted by Gasteiger charge is -2.08. The maximum absolute atomic E-state index is 12.2. The molecule has 0 spiro atoms. The first kappa shape index (κ1) is 16.0. The van der Waals surface area contributed by atoms with Gasteiger partial charge < -0.3 is 5.32 Å². The molecule has 21 heavy (non-hydrogen) atoms. The normalized spacial score (nSPS) is 10.2. The zero-order valence-electron chi connectivity index (χ0n) is 10.3. The molecular formula is C13H7Cl2IN2O3. The van der Waals surface area contributed by atoms with Gasteiger partial charge in [0.1, 0.15) is 10.6 Å². The molecule has 8 heteroatoms. The summed E-state index contributed by atoms with van der Waals surface area (Å²) in [5, 5.41) is 14.1. The first-order chi connectivity index (χ1) is 9.90. The van der Waals surface area contributed by atoms with Gasteiger partial charge in [-0.05, 0) is 52.9 Å². The van der Waals surface area contributed by atoms with Crippen LogP contribution in [0.5, 0.6) is 0 Å². The minimum atomic E-state index is -0.677. The molecule has 0 saturated heterocycles. The molecule has 0 saturated carbocycles. The average molecular weight is 437 g/mol. The number of nitro groups is 1. The van der Waals surface area contributed by atoms with Gasteiger partial charge in [0.25, 0.3) is 5.91 Å². The maximum Gasteiger partial charge on any atom is 0.300 e. The van der Waals surface area contributed by atoms with Crippen LogP contribution in [0.4, 0.5) is 11.4 Å². The van der Waals surface area contributed by atoms with Gasteiger partial charge in [0.05, 0.1) is 10.6 Å². The van der Waals surface area contributed by atoms with E-state index >= 15 is 0 Å². The van der Waals surface area contributed by atoms with Gasteiger partial charge in [0.2, 0.25) is 0 Å². The third kappa shape index (κ3) is 3.63. The van der Waals surface area contributed by atoms with Gasteiger partial charge in [-0.25, -0.2) is 0 Å². The van der Waals surface area contributed by atoms with E-state index in [4.69, 9.17) is 23.2 Å². The fraction of sp³-hybridized carbons (Fsp3) is 0. The Bertz CT molecular complexity index is 737. The Kier molecular flexibility index (Phi) is 5.02. The van der Waals surface area contributed by atoms with Crippen LogP contribution in [0.15, 0.2) is 36.4 Å². The molecule has 0 heterocycles. The van der Waals surface area contributed by atoms with Crippen LogP contribution in [0, 0.1) is 13.7 Å². The average Bonchev–Trinajstić information content (AvgIpc) is 2.41. The largest absolute Gasteiger partial charge is 0.321 e. The highest BCUT2D eigenvalue weighted by Gasteiger charge is 2.23. The standard InChI is InChI=1S/C13H7Cl2IN2O3/c14-7-4-5-11(10(16)6-7)17-13(19)8-2-1-3-9(15)12(8)18(20)21/h1-6H,(H,17,19). The highest BCUT2D eigenvalue weighted by molar-refractivity contribution is 14.1. The summed E-state index contributed by atoms with van der Waals surface area (Å²) in [4.78, 5) is 22.6. The Morgan fingerprint density at radius 2 is 1.95 bits per heavy atom. The summed E-state index contributed by atoms with van der Waals surface area (Å²) in [5.41, 5.74) is -0.00170.